The van der Waals surface area contributed by atoms with Gasteiger partial charge in [-0.2, -0.15) is 0 Å². The first-order valence-corrected chi connectivity index (χ1v) is 10.2. The fourth-order valence-corrected chi connectivity index (χ4v) is 4.79. The molecule has 7 rings (SSSR count). The monoisotopic (exact) mass is 383 g/mol. The molecule has 140 valence electrons. The van der Waals surface area contributed by atoms with E-state index < -0.39 is 0 Å². The predicted octanol–water partition coefficient (Wildman–Crippen LogP) is 8.04. The Kier molecular flexibility index (Phi) is 3.03. The second-order valence-electron chi connectivity index (χ2n) is 7.88. The first-order chi connectivity index (χ1) is 14.9. The van der Waals surface area contributed by atoms with Crippen molar-refractivity contribution in [2.75, 3.05) is 0 Å². The molecule has 0 radical (unpaired) electrons. The molecule has 0 unspecified atom stereocenters. The lowest BCUT2D eigenvalue weighted by atomic mass is 9.98. The zero-order valence-corrected chi connectivity index (χ0v) is 16.1. The maximum absolute atomic E-state index is 6.39. The fourth-order valence-electron chi connectivity index (χ4n) is 4.79. The molecule has 0 atom stereocenters. The third-order valence-electron chi connectivity index (χ3n) is 6.20. The van der Waals surface area contributed by atoms with E-state index in [0.29, 0.717) is 0 Å². The highest BCUT2D eigenvalue weighted by molar-refractivity contribution is 6.25. The van der Waals surface area contributed by atoms with Crippen LogP contribution in [0.5, 0.6) is 0 Å². The number of H-pyrrole nitrogens is 1. The minimum atomic E-state index is 0.927. The van der Waals surface area contributed by atoms with Crippen LogP contribution in [0.1, 0.15) is 0 Å². The maximum atomic E-state index is 6.39. The Morgan fingerprint density at radius 2 is 1.37 bits per heavy atom. The molecule has 2 aromatic heterocycles. The van der Waals surface area contributed by atoms with Crippen molar-refractivity contribution in [3.8, 4) is 11.1 Å². The van der Waals surface area contributed by atoms with Gasteiger partial charge in [-0.15, -0.1) is 0 Å². The second-order valence-corrected chi connectivity index (χ2v) is 7.88. The Morgan fingerprint density at radius 1 is 0.567 bits per heavy atom. The van der Waals surface area contributed by atoms with Gasteiger partial charge in [0.2, 0.25) is 0 Å². The zero-order chi connectivity index (χ0) is 19.7. The van der Waals surface area contributed by atoms with Gasteiger partial charge in [0.05, 0.1) is 5.52 Å². The highest BCUT2D eigenvalue weighted by atomic mass is 16.3. The largest absolute Gasteiger partial charge is 0.454 e. The molecule has 0 aliphatic heterocycles. The smallest absolute Gasteiger partial charge is 0.159 e. The average Bonchev–Trinajstić information content (AvgIpc) is 3.38. The molecule has 7 aromatic rings. The number of aromatic nitrogens is 1. The summed E-state index contributed by atoms with van der Waals surface area (Å²) < 4.78 is 6.39. The third kappa shape index (κ3) is 2.08. The van der Waals surface area contributed by atoms with Crippen molar-refractivity contribution in [1.29, 1.82) is 0 Å². The van der Waals surface area contributed by atoms with E-state index >= 15 is 0 Å². The second kappa shape index (κ2) is 5.74. The summed E-state index contributed by atoms with van der Waals surface area (Å²) in [6.45, 7) is 0. The van der Waals surface area contributed by atoms with E-state index in [-0.39, 0.29) is 0 Å². The van der Waals surface area contributed by atoms with Crippen LogP contribution in [0.25, 0.3) is 65.6 Å². The molecule has 0 saturated heterocycles. The van der Waals surface area contributed by atoms with Gasteiger partial charge in [-0.05, 0) is 46.2 Å². The number of rotatable bonds is 1. The van der Waals surface area contributed by atoms with Crippen molar-refractivity contribution in [2.24, 2.45) is 0 Å². The highest BCUT2D eigenvalue weighted by Gasteiger charge is 2.15. The first-order valence-electron chi connectivity index (χ1n) is 10.2. The number of benzene rings is 5. The number of fused-ring (bicyclic) bond motifs is 9. The van der Waals surface area contributed by atoms with Crippen molar-refractivity contribution in [3.63, 3.8) is 0 Å². The summed E-state index contributed by atoms with van der Waals surface area (Å²) in [7, 11) is 0. The lowest BCUT2D eigenvalue weighted by Crippen LogP contribution is -1.80. The van der Waals surface area contributed by atoms with Gasteiger partial charge in [0.1, 0.15) is 5.58 Å². The molecule has 0 spiro atoms. The van der Waals surface area contributed by atoms with Gasteiger partial charge in [0.15, 0.2) is 5.58 Å². The molecule has 5 aromatic carbocycles. The topological polar surface area (TPSA) is 28.9 Å². The normalized spacial score (nSPS) is 12.0. The van der Waals surface area contributed by atoms with Gasteiger partial charge < -0.3 is 9.40 Å². The first kappa shape index (κ1) is 15.8. The van der Waals surface area contributed by atoms with Crippen molar-refractivity contribution in [2.45, 2.75) is 0 Å². The van der Waals surface area contributed by atoms with Crippen LogP contribution in [0.4, 0.5) is 0 Å². The van der Waals surface area contributed by atoms with Gasteiger partial charge in [-0.1, -0.05) is 72.8 Å². The van der Waals surface area contributed by atoms with E-state index in [1.54, 1.807) is 0 Å². The molecule has 2 heteroatoms. The molecule has 30 heavy (non-hydrogen) atoms. The minimum Gasteiger partial charge on any atom is -0.454 e. The summed E-state index contributed by atoms with van der Waals surface area (Å²) in [5, 5.41) is 7.22. The number of nitrogens with one attached hydrogen (secondary N) is 1. The molecule has 0 amide bonds. The molecule has 0 aliphatic carbocycles. The number of hydrogen-bond donors (Lipinski definition) is 1. The van der Waals surface area contributed by atoms with Crippen LogP contribution in [-0.4, -0.2) is 4.98 Å². The summed E-state index contributed by atoms with van der Waals surface area (Å²) in [4.78, 5) is 3.57. The SMILES string of the molecule is c1ccc(-c2ccc3c(ccc4oc5c(ccc6c7ccccc7[nH]c65)c43)c2)cc1. The van der Waals surface area contributed by atoms with E-state index in [1.807, 2.05) is 0 Å². The Balaban J connectivity index is 1.56. The fraction of sp³-hybridized carbons (Fsp3) is 0. The molecule has 0 aliphatic rings. The van der Waals surface area contributed by atoms with Crippen LogP contribution in [0.3, 0.4) is 0 Å². The maximum Gasteiger partial charge on any atom is 0.159 e. The standard InChI is InChI=1S/C28H17NO/c1-2-6-17(7-3-1)18-10-12-20-19(16-18)11-15-25-26(20)23-14-13-22-21-8-4-5-9-24(21)29-27(22)28(23)30-25/h1-16,29H. The Bertz CT molecular complexity index is 1740. The molecule has 0 saturated carbocycles. The number of para-hydroxylation sites is 1. The van der Waals surface area contributed by atoms with Crippen molar-refractivity contribution in [1.82, 2.24) is 4.98 Å². The van der Waals surface area contributed by atoms with Gasteiger partial charge in [-0.25, -0.2) is 0 Å². The lowest BCUT2D eigenvalue weighted by molar-refractivity contribution is 0.672. The van der Waals surface area contributed by atoms with Crippen molar-refractivity contribution in [3.05, 3.63) is 97.1 Å². The van der Waals surface area contributed by atoms with E-state index in [9.17, 15) is 0 Å². The Morgan fingerprint density at radius 3 is 2.30 bits per heavy atom. The van der Waals surface area contributed by atoms with Crippen LogP contribution >= 0.6 is 0 Å². The number of hydrogen-bond acceptors (Lipinski definition) is 1. The third-order valence-corrected chi connectivity index (χ3v) is 6.20. The zero-order valence-electron chi connectivity index (χ0n) is 16.1. The summed E-state index contributed by atoms with van der Waals surface area (Å²) in [5.74, 6) is 0. The molecule has 0 fully saturated rings. The Hall–Kier alpha value is -4.04. The summed E-state index contributed by atoms with van der Waals surface area (Å²) in [6.07, 6.45) is 0. The van der Waals surface area contributed by atoms with Crippen molar-refractivity contribution >= 4 is 54.5 Å². The van der Waals surface area contributed by atoms with Crippen LogP contribution in [-0.2, 0) is 0 Å². The number of furan rings is 1. The number of aromatic amines is 1. The van der Waals surface area contributed by atoms with Gasteiger partial charge in [-0.3, -0.25) is 0 Å². The van der Waals surface area contributed by atoms with Gasteiger partial charge >= 0.3 is 0 Å². The van der Waals surface area contributed by atoms with E-state index in [1.165, 1.54) is 38.1 Å². The summed E-state index contributed by atoms with van der Waals surface area (Å²) in [5.41, 5.74) is 6.52. The van der Waals surface area contributed by atoms with E-state index in [4.69, 9.17) is 4.42 Å². The van der Waals surface area contributed by atoms with Crippen LogP contribution in [0, 0.1) is 0 Å². The lowest BCUT2D eigenvalue weighted by Gasteiger charge is -2.05. The van der Waals surface area contributed by atoms with Gasteiger partial charge in [0.25, 0.3) is 0 Å². The summed E-state index contributed by atoms with van der Waals surface area (Å²) in [6, 6.07) is 34.3. The molecule has 0 bridgehead atoms. The summed E-state index contributed by atoms with van der Waals surface area (Å²) >= 11 is 0. The predicted molar refractivity (Wildman–Crippen MR) is 126 cm³/mol. The molecule has 2 heterocycles. The average molecular weight is 383 g/mol. The molecular weight excluding hydrogens is 366 g/mol. The van der Waals surface area contributed by atoms with E-state index in [2.05, 4.69) is 102 Å². The van der Waals surface area contributed by atoms with Crippen LogP contribution in [0.15, 0.2) is 101 Å². The molecule has 2 nitrogen and oxygen atoms in total. The van der Waals surface area contributed by atoms with Gasteiger partial charge in [0, 0.05) is 27.1 Å². The van der Waals surface area contributed by atoms with Crippen LogP contribution < -0.4 is 0 Å². The van der Waals surface area contributed by atoms with Crippen LogP contribution in [0.2, 0.25) is 0 Å². The highest BCUT2D eigenvalue weighted by Crippen LogP contribution is 2.40. The molecule has 1 N–H and O–H groups in total. The van der Waals surface area contributed by atoms with E-state index in [0.717, 1.165) is 27.6 Å². The minimum absolute atomic E-state index is 0.927. The quantitative estimate of drug-likeness (QED) is 0.305. The molecular formula is C28H17NO. The van der Waals surface area contributed by atoms with Crippen molar-refractivity contribution < 1.29 is 4.42 Å². The Labute approximate surface area is 172 Å².